The predicted molar refractivity (Wildman–Crippen MR) is 69.0 cm³/mol. The number of hydrogen-bond acceptors (Lipinski definition) is 2. The molecule has 4 nitrogen and oxygen atoms in total. The zero-order valence-electron chi connectivity index (χ0n) is 10.5. The molecule has 1 N–H and O–H groups in total. The van der Waals surface area contributed by atoms with E-state index in [1.54, 1.807) is 17.9 Å². The lowest BCUT2D eigenvalue weighted by molar-refractivity contribution is -0.132. The Kier molecular flexibility index (Phi) is 4.04. The Morgan fingerprint density at radius 2 is 2.21 bits per heavy atom. The van der Waals surface area contributed by atoms with Crippen LogP contribution in [0, 0.1) is 5.82 Å². The largest absolute Gasteiger partial charge is 0.347 e. The van der Waals surface area contributed by atoms with E-state index in [0.717, 1.165) is 0 Å². The van der Waals surface area contributed by atoms with E-state index in [-0.39, 0.29) is 42.4 Å². The van der Waals surface area contributed by atoms with Gasteiger partial charge in [-0.1, -0.05) is 17.7 Å². The first-order valence-electron chi connectivity index (χ1n) is 5.97. The van der Waals surface area contributed by atoms with Crippen LogP contribution in [0.2, 0.25) is 5.02 Å². The number of carbonyl (C=O) groups is 2. The SMILES string of the molecule is CC1CC(=O)NCC(=O)N1Cc1ccc(Cl)c(F)c1. The zero-order valence-corrected chi connectivity index (χ0v) is 11.2. The van der Waals surface area contributed by atoms with Crippen molar-refractivity contribution in [2.45, 2.75) is 25.9 Å². The van der Waals surface area contributed by atoms with Crippen LogP contribution in [0.1, 0.15) is 18.9 Å². The van der Waals surface area contributed by atoms with Crippen LogP contribution in [-0.2, 0) is 16.1 Å². The molecule has 0 saturated carbocycles. The van der Waals surface area contributed by atoms with Gasteiger partial charge in [0.2, 0.25) is 11.8 Å². The van der Waals surface area contributed by atoms with Crippen LogP contribution >= 0.6 is 11.6 Å². The molecule has 1 saturated heterocycles. The Bertz CT molecular complexity index is 521. The van der Waals surface area contributed by atoms with Crippen molar-refractivity contribution in [3.8, 4) is 0 Å². The van der Waals surface area contributed by atoms with E-state index in [9.17, 15) is 14.0 Å². The molecule has 0 aromatic heterocycles. The van der Waals surface area contributed by atoms with E-state index in [0.29, 0.717) is 5.56 Å². The monoisotopic (exact) mass is 284 g/mol. The molecule has 1 aliphatic rings. The van der Waals surface area contributed by atoms with Crippen molar-refractivity contribution in [3.63, 3.8) is 0 Å². The number of nitrogens with one attached hydrogen (secondary N) is 1. The fraction of sp³-hybridized carbons (Fsp3) is 0.385. The minimum Gasteiger partial charge on any atom is -0.347 e. The molecule has 1 aliphatic heterocycles. The lowest BCUT2D eigenvalue weighted by atomic mass is 10.1. The van der Waals surface area contributed by atoms with E-state index in [1.165, 1.54) is 12.1 Å². The molecule has 19 heavy (non-hydrogen) atoms. The highest BCUT2D eigenvalue weighted by molar-refractivity contribution is 6.30. The summed E-state index contributed by atoms with van der Waals surface area (Å²) in [6.45, 7) is 2.05. The predicted octanol–water partition coefficient (Wildman–Crippen LogP) is 1.72. The van der Waals surface area contributed by atoms with Gasteiger partial charge in [0.25, 0.3) is 0 Å². The van der Waals surface area contributed by atoms with Gasteiger partial charge in [0, 0.05) is 19.0 Å². The van der Waals surface area contributed by atoms with E-state index in [4.69, 9.17) is 11.6 Å². The number of nitrogens with zero attached hydrogens (tertiary/aromatic N) is 1. The summed E-state index contributed by atoms with van der Waals surface area (Å²) in [7, 11) is 0. The van der Waals surface area contributed by atoms with Gasteiger partial charge in [-0.25, -0.2) is 4.39 Å². The molecule has 1 fully saturated rings. The van der Waals surface area contributed by atoms with Crippen LogP contribution in [0.15, 0.2) is 18.2 Å². The van der Waals surface area contributed by atoms with Crippen LogP contribution in [-0.4, -0.2) is 29.3 Å². The molecule has 2 amide bonds. The summed E-state index contributed by atoms with van der Waals surface area (Å²) in [6, 6.07) is 4.23. The fourth-order valence-corrected chi connectivity index (χ4v) is 2.17. The second kappa shape index (κ2) is 5.57. The summed E-state index contributed by atoms with van der Waals surface area (Å²) < 4.78 is 13.4. The minimum absolute atomic E-state index is 0.0146. The van der Waals surface area contributed by atoms with Gasteiger partial charge in [-0.2, -0.15) is 0 Å². The second-order valence-corrected chi connectivity index (χ2v) is 5.01. The average Bonchev–Trinajstić information content (AvgIpc) is 2.47. The second-order valence-electron chi connectivity index (χ2n) is 4.60. The zero-order chi connectivity index (χ0) is 14.0. The molecule has 2 rings (SSSR count). The quantitative estimate of drug-likeness (QED) is 0.899. The Morgan fingerprint density at radius 3 is 2.89 bits per heavy atom. The molecule has 1 aromatic carbocycles. The van der Waals surface area contributed by atoms with E-state index in [1.807, 2.05) is 0 Å². The number of halogens is 2. The van der Waals surface area contributed by atoms with Crippen molar-refractivity contribution < 1.29 is 14.0 Å². The van der Waals surface area contributed by atoms with Gasteiger partial charge < -0.3 is 10.2 Å². The van der Waals surface area contributed by atoms with Crippen LogP contribution in [0.5, 0.6) is 0 Å². The van der Waals surface area contributed by atoms with Gasteiger partial charge in [-0.05, 0) is 24.6 Å². The Labute approximate surface area is 115 Å². The average molecular weight is 285 g/mol. The maximum Gasteiger partial charge on any atom is 0.242 e. The summed E-state index contributed by atoms with van der Waals surface area (Å²) in [5.74, 6) is -0.831. The Hall–Kier alpha value is -1.62. The summed E-state index contributed by atoms with van der Waals surface area (Å²) in [4.78, 5) is 24.9. The third-order valence-electron chi connectivity index (χ3n) is 3.11. The summed E-state index contributed by atoms with van der Waals surface area (Å²) in [5.41, 5.74) is 0.649. The van der Waals surface area contributed by atoms with Gasteiger partial charge in [-0.15, -0.1) is 0 Å². The number of amides is 2. The number of carbonyl (C=O) groups excluding carboxylic acids is 2. The Balaban J connectivity index is 2.17. The topological polar surface area (TPSA) is 49.4 Å². The first kappa shape index (κ1) is 13.8. The highest BCUT2D eigenvalue weighted by Crippen LogP contribution is 2.18. The third-order valence-corrected chi connectivity index (χ3v) is 3.41. The van der Waals surface area contributed by atoms with E-state index >= 15 is 0 Å². The third kappa shape index (κ3) is 3.23. The van der Waals surface area contributed by atoms with Crippen molar-refractivity contribution in [2.24, 2.45) is 0 Å². The minimum atomic E-state index is -0.511. The lowest BCUT2D eigenvalue weighted by Gasteiger charge is -2.26. The van der Waals surface area contributed by atoms with E-state index < -0.39 is 5.82 Å². The molecule has 1 unspecified atom stereocenters. The molecule has 0 spiro atoms. The first-order chi connectivity index (χ1) is 8.97. The van der Waals surface area contributed by atoms with Crippen molar-refractivity contribution >= 4 is 23.4 Å². The summed E-state index contributed by atoms with van der Waals surface area (Å²) >= 11 is 5.62. The Morgan fingerprint density at radius 1 is 1.47 bits per heavy atom. The normalized spacial score (nSPS) is 20.2. The molecular weight excluding hydrogens is 271 g/mol. The molecule has 1 heterocycles. The number of benzene rings is 1. The molecule has 0 radical (unpaired) electrons. The number of hydrogen-bond donors (Lipinski definition) is 1. The summed E-state index contributed by atoms with van der Waals surface area (Å²) in [5, 5.41) is 2.59. The van der Waals surface area contributed by atoms with Crippen LogP contribution in [0.25, 0.3) is 0 Å². The highest BCUT2D eigenvalue weighted by atomic mass is 35.5. The van der Waals surface area contributed by atoms with Crippen molar-refractivity contribution in [3.05, 3.63) is 34.6 Å². The first-order valence-corrected chi connectivity index (χ1v) is 6.35. The lowest BCUT2D eigenvalue weighted by Crippen LogP contribution is -2.39. The van der Waals surface area contributed by atoms with Crippen molar-refractivity contribution in [1.29, 1.82) is 0 Å². The molecule has 0 bridgehead atoms. The van der Waals surface area contributed by atoms with Crippen LogP contribution in [0.3, 0.4) is 0 Å². The van der Waals surface area contributed by atoms with Gasteiger partial charge in [-0.3, -0.25) is 9.59 Å². The molecule has 102 valence electrons. The molecule has 1 aromatic rings. The van der Waals surface area contributed by atoms with Crippen LogP contribution < -0.4 is 5.32 Å². The van der Waals surface area contributed by atoms with Crippen molar-refractivity contribution in [1.82, 2.24) is 10.2 Å². The maximum atomic E-state index is 13.4. The smallest absolute Gasteiger partial charge is 0.242 e. The van der Waals surface area contributed by atoms with Gasteiger partial charge in [0.1, 0.15) is 5.82 Å². The van der Waals surface area contributed by atoms with Gasteiger partial charge in [0.15, 0.2) is 0 Å². The van der Waals surface area contributed by atoms with Crippen molar-refractivity contribution in [2.75, 3.05) is 6.54 Å². The van der Waals surface area contributed by atoms with E-state index in [2.05, 4.69) is 5.32 Å². The van der Waals surface area contributed by atoms with Gasteiger partial charge >= 0.3 is 0 Å². The molecule has 1 atom stereocenters. The molecular formula is C13H14ClFN2O2. The molecule has 6 heteroatoms. The standard InChI is InChI=1S/C13H14ClFN2O2/c1-8-4-12(18)16-6-13(19)17(8)7-9-2-3-10(14)11(15)5-9/h2-3,5,8H,4,6-7H2,1H3,(H,16,18). The molecule has 0 aliphatic carbocycles. The summed E-state index contributed by atoms with van der Waals surface area (Å²) in [6.07, 6.45) is 0.252. The number of rotatable bonds is 2. The maximum absolute atomic E-state index is 13.4. The highest BCUT2D eigenvalue weighted by Gasteiger charge is 2.26. The van der Waals surface area contributed by atoms with Crippen LogP contribution in [0.4, 0.5) is 4.39 Å². The fourth-order valence-electron chi connectivity index (χ4n) is 2.05. The van der Waals surface area contributed by atoms with Gasteiger partial charge in [0.05, 0.1) is 11.6 Å².